The quantitative estimate of drug-likeness (QED) is 0.276. The van der Waals surface area contributed by atoms with Crippen LogP contribution in [0.2, 0.25) is 0 Å². The average Bonchev–Trinajstić information content (AvgIpc) is 0. The normalized spacial score (nSPS) is 0. The van der Waals surface area contributed by atoms with Crippen molar-refractivity contribution >= 4 is 0 Å². The molecule has 0 N–H and O–H groups in total. The monoisotopic (exact) mass is 2000 g/mol. The van der Waals surface area contributed by atoms with Gasteiger partial charge in [0, 0.05) is 0 Å². The Kier molecular flexibility index (Phi) is 7440. The van der Waals surface area contributed by atoms with Gasteiger partial charge in [-0.2, -0.15) is 0 Å². The Balaban J connectivity index is 0. The van der Waals surface area contributed by atoms with Crippen molar-refractivity contribution in [2.45, 2.75) is 0 Å². The summed E-state index contributed by atoms with van der Waals surface area (Å²) in [6.07, 6.45) is 0. The molecule has 0 amide bonds. The Morgan fingerprint density at radius 1 is 0.100 bits per heavy atom. The van der Waals surface area contributed by atoms with Gasteiger partial charge in [0.05, 0.1) is 0 Å². The fourth-order valence-corrected chi connectivity index (χ4v) is 0. The molecule has 0 aliphatic rings. The van der Waals surface area contributed by atoms with E-state index in [1.807, 2.05) is 0 Å². The minimum atomic E-state index is 0. The van der Waals surface area contributed by atoms with Crippen LogP contribution in [0.3, 0.4) is 0 Å². The molecule has 10 nitrogen and oxygen atoms in total. The molecular weight excluding hydrogens is 2000 g/mol. The summed E-state index contributed by atoms with van der Waals surface area (Å²) in [6.45, 7) is 0. The smallest absolute Gasteiger partial charge is 2.00 e. The fourth-order valence-electron chi connectivity index (χ4n) is 0. The van der Waals surface area contributed by atoms with E-state index < -0.39 is 0 Å². The van der Waals surface area contributed by atoms with E-state index >= 15 is 0 Å². The molecule has 0 heterocycles. The molecule has 0 fully saturated rings. The minimum absolute atomic E-state index is 0. The van der Waals surface area contributed by atoms with Crippen LogP contribution < -0.4 is 0 Å². The zero-order valence-corrected chi connectivity index (χ0v) is 37.5. The summed E-state index contributed by atoms with van der Waals surface area (Å²) >= 11 is 0. The molecule has 20 heavy (non-hydrogen) atoms. The van der Waals surface area contributed by atoms with Crippen molar-refractivity contribution in [1.29, 1.82) is 0 Å². The summed E-state index contributed by atoms with van der Waals surface area (Å²) < 4.78 is 0. The van der Waals surface area contributed by atoms with E-state index in [0.29, 0.717) is 0 Å². The maximum absolute atomic E-state index is 0. The second-order valence-electron chi connectivity index (χ2n) is 0. The van der Waals surface area contributed by atoms with Crippen molar-refractivity contribution < 1.29 is 265 Å². The molecule has 0 aliphatic heterocycles. The van der Waals surface area contributed by atoms with Gasteiger partial charge in [-0.25, -0.2) is 0 Å². The SMILES string of the molecule is [O-2].[O-2].[O-2].[O-2].[O-2].[O-2].[O-2].[O-2].[O-2].[O-2].[W+6].[W+6].[W+6].[W+6].[W+6].[W+6].[W+6].[W+6].[W+6].[W+6]. The van der Waals surface area contributed by atoms with Crippen LogP contribution in [0.25, 0.3) is 0 Å². The zero-order valence-electron chi connectivity index (χ0n) is 8.16. The fraction of sp³-hybridized carbons (Fsp3) is 0. The molecule has 80 valence electrons. The Morgan fingerprint density at radius 3 is 0.100 bits per heavy atom. The third-order valence-electron chi connectivity index (χ3n) is 0. The van der Waals surface area contributed by atoms with Crippen molar-refractivity contribution in [3.8, 4) is 0 Å². The van der Waals surface area contributed by atoms with E-state index in [2.05, 4.69) is 0 Å². The van der Waals surface area contributed by atoms with Crippen molar-refractivity contribution in [3.63, 3.8) is 0 Å². The summed E-state index contributed by atoms with van der Waals surface area (Å²) in [7, 11) is 0. The topological polar surface area (TPSA) is 285 Å². The van der Waals surface area contributed by atoms with Crippen LogP contribution in [0.1, 0.15) is 0 Å². The van der Waals surface area contributed by atoms with Gasteiger partial charge in [-0.15, -0.1) is 0 Å². The molecule has 0 atom stereocenters. The average molecular weight is 2000 g/mol. The van der Waals surface area contributed by atoms with E-state index in [1.54, 1.807) is 0 Å². The molecule has 0 unspecified atom stereocenters. The molecule has 0 spiro atoms. The molecule has 0 aromatic rings. The first-order valence-corrected chi connectivity index (χ1v) is 0. The maximum atomic E-state index is 0. The molecule has 0 radical (unpaired) electrons. The van der Waals surface area contributed by atoms with E-state index in [4.69, 9.17) is 0 Å². The van der Waals surface area contributed by atoms with Crippen LogP contribution in [0, 0.1) is 0 Å². The second-order valence-corrected chi connectivity index (χ2v) is 0. The molecule has 0 aromatic heterocycles. The molecule has 20 heteroatoms. The molecule has 0 aliphatic carbocycles. The first kappa shape index (κ1) is 409. The summed E-state index contributed by atoms with van der Waals surface area (Å²) in [5.74, 6) is 0. The van der Waals surface area contributed by atoms with Gasteiger partial charge in [-0.1, -0.05) is 0 Å². The zero-order chi connectivity index (χ0) is 0. The molecule has 0 saturated heterocycles. The Bertz CT molecular complexity index is 20.0. The van der Waals surface area contributed by atoms with Crippen LogP contribution in [0.5, 0.6) is 0 Å². The van der Waals surface area contributed by atoms with Gasteiger partial charge in [-0.3, -0.25) is 0 Å². The van der Waals surface area contributed by atoms with Crippen LogP contribution >= 0.6 is 0 Å². The van der Waals surface area contributed by atoms with E-state index in [9.17, 15) is 0 Å². The summed E-state index contributed by atoms with van der Waals surface area (Å²) in [6, 6.07) is 0. The molecule has 0 saturated carbocycles. The van der Waals surface area contributed by atoms with Gasteiger partial charge >= 0.3 is 211 Å². The van der Waals surface area contributed by atoms with Gasteiger partial charge in [0.2, 0.25) is 0 Å². The first-order chi connectivity index (χ1) is 0. The largest absolute Gasteiger partial charge is 6.00 e. The standard InChI is InChI=1S/10O.10W/q10*-2;10*+6. The third-order valence-corrected chi connectivity index (χ3v) is 0. The predicted octanol–water partition coefficient (Wildman–Crippen LogP) is -1.21. The van der Waals surface area contributed by atoms with Gasteiger partial charge in [0.15, 0.2) is 0 Å². The third kappa shape index (κ3) is 321. The molecule has 0 bridgehead atoms. The maximum Gasteiger partial charge on any atom is 6.00 e. The van der Waals surface area contributed by atoms with Crippen molar-refractivity contribution in [2.75, 3.05) is 0 Å². The molecular formula is O10W10+40. The predicted molar refractivity (Wildman–Crippen MR) is 6.86 cm³/mol. The first-order valence-electron chi connectivity index (χ1n) is 0. The van der Waals surface area contributed by atoms with Gasteiger partial charge < -0.3 is 54.8 Å². The molecule has 0 rings (SSSR count). The Hall–Kier alpha value is 6.48. The minimum Gasteiger partial charge on any atom is -2.00 e. The van der Waals surface area contributed by atoms with E-state index in [0.717, 1.165) is 0 Å². The van der Waals surface area contributed by atoms with Gasteiger partial charge in [-0.05, 0) is 0 Å². The van der Waals surface area contributed by atoms with Crippen molar-refractivity contribution in [3.05, 3.63) is 0 Å². The Morgan fingerprint density at radius 2 is 0.100 bits per heavy atom. The number of rotatable bonds is 0. The number of hydrogen-bond donors (Lipinski definition) is 0. The summed E-state index contributed by atoms with van der Waals surface area (Å²) in [5, 5.41) is 0. The van der Waals surface area contributed by atoms with Crippen LogP contribution in [0.4, 0.5) is 0 Å². The van der Waals surface area contributed by atoms with Crippen molar-refractivity contribution in [1.82, 2.24) is 0 Å². The Labute approximate surface area is 260 Å². The van der Waals surface area contributed by atoms with Gasteiger partial charge in [0.1, 0.15) is 0 Å². The second kappa shape index (κ2) is 363. The summed E-state index contributed by atoms with van der Waals surface area (Å²) in [5.41, 5.74) is 0. The van der Waals surface area contributed by atoms with Crippen LogP contribution in [-0.2, 0) is 265 Å². The van der Waals surface area contributed by atoms with Crippen molar-refractivity contribution in [2.24, 2.45) is 0 Å². The van der Waals surface area contributed by atoms with Gasteiger partial charge in [0.25, 0.3) is 0 Å². The van der Waals surface area contributed by atoms with E-state index in [-0.39, 0.29) is 265 Å². The van der Waals surface area contributed by atoms with Crippen LogP contribution in [0.15, 0.2) is 0 Å². The van der Waals surface area contributed by atoms with Crippen LogP contribution in [-0.4, -0.2) is 0 Å². The summed E-state index contributed by atoms with van der Waals surface area (Å²) in [4.78, 5) is 0. The number of hydrogen-bond acceptors (Lipinski definition) is 0. The molecule has 0 aromatic carbocycles. The van der Waals surface area contributed by atoms with E-state index in [1.165, 1.54) is 0 Å².